The van der Waals surface area contributed by atoms with Crippen LogP contribution in [0.15, 0.2) is 18.2 Å². The first-order valence-electron chi connectivity index (χ1n) is 6.51. The van der Waals surface area contributed by atoms with E-state index in [0.717, 1.165) is 12.8 Å². The SMILES string of the molecule is CCOC1CCCN(C(=O)c2c(O)cccc2F)C1. The minimum atomic E-state index is -0.691. The molecule has 19 heavy (non-hydrogen) atoms. The molecule has 5 heteroatoms. The third-order valence-electron chi connectivity index (χ3n) is 3.27. The fourth-order valence-corrected chi connectivity index (χ4v) is 2.38. The van der Waals surface area contributed by atoms with Crippen LogP contribution in [0.5, 0.6) is 5.75 Å². The summed E-state index contributed by atoms with van der Waals surface area (Å²) in [6.45, 7) is 3.51. The molecule has 104 valence electrons. The van der Waals surface area contributed by atoms with Crippen molar-refractivity contribution >= 4 is 5.91 Å². The topological polar surface area (TPSA) is 49.8 Å². The zero-order valence-electron chi connectivity index (χ0n) is 10.9. The first-order valence-corrected chi connectivity index (χ1v) is 6.51. The van der Waals surface area contributed by atoms with Crippen LogP contribution in [0.2, 0.25) is 0 Å². The molecule has 1 heterocycles. The fourth-order valence-electron chi connectivity index (χ4n) is 2.38. The van der Waals surface area contributed by atoms with Crippen molar-refractivity contribution in [1.29, 1.82) is 0 Å². The largest absolute Gasteiger partial charge is 0.507 e. The normalized spacial score (nSPS) is 19.5. The van der Waals surface area contributed by atoms with Crippen molar-refractivity contribution in [3.05, 3.63) is 29.6 Å². The summed E-state index contributed by atoms with van der Waals surface area (Å²) >= 11 is 0. The summed E-state index contributed by atoms with van der Waals surface area (Å²) in [5.74, 6) is -1.48. The van der Waals surface area contributed by atoms with Crippen LogP contribution in [0.1, 0.15) is 30.1 Å². The minimum Gasteiger partial charge on any atom is -0.507 e. The van der Waals surface area contributed by atoms with Crippen LogP contribution in [0.4, 0.5) is 4.39 Å². The number of amides is 1. The van der Waals surface area contributed by atoms with Gasteiger partial charge in [0.2, 0.25) is 0 Å². The molecule has 1 N–H and O–H groups in total. The minimum absolute atomic E-state index is 0.00313. The van der Waals surface area contributed by atoms with E-state index >= 15 is 0 Å². The molecule has 1 atom stereocenters. The highest BCUT2D eigenvalue weighted by atomic mass is 19.1. The molecule has 1 saturated heterocycles. The Kier molecular flexibility index (Phi) is 4.37. The van der Waals surface area contributed by atoms with E-state index in [1.165, 1.54) is 18.2 Å². The number of piperidine rings is 1. The smallest absolute Gasteiger partial charge is 0.260 e. The second kappa shape index (κ2) is 6.02. The van der Waals surface area contributed by atoms with Crippen molar-refractivity contribution in [2.45, 2.75) is 25.9 Å². The zero-order chi connectivity index (χ0) is 13.8. The number of carbonyl (C=O) groups excluding carboxylic acids is 1. The number of phenolic OH excluding ortho intramolecular Hbond substituents is 1. The van der Waals surface area contributed by atoms with Crippen molar-refractivity contribution in [1.82, 2.24) is 4.90 Å². The van der Waals surface area contributed by atoms with E-state index in [0.29, 0.717) is 19.7 Å². The number of benzene rings is 1. The summed E-state index contributed by atoms with van der Waals surface area (Å²) in [7, 11) is 0. The lowest BCUT2D eigenvalue weighted by Crippen LogP contribution is -2.43. The van der Waals surface area contributed by atoms with E-state index in [2.05, 4.69) is 0 Å². The zero-order valence-corrected chi connectivity index (χ0v) is 10.9. The lowest BCUT2D eigenvalue weighted by Gasteiger charge is -2.32. The molecule has 0 spiro atoms. The van der Waals surface area contributed by atoms with Gasteiger partial charge in [0.15, 0.2) is 0 Å². The maximum atomic E-state index is 13.7. The molecule has 0 aromatic heterocycles. The number of halogens is 1. The summed E-state index contributed by atoms with van der Waals surface area (Å²) in [5, 5.41) is 9.64. The van der Waals surface area contributed by atoms with Crippen LogP contribution in [0.3, 0.4) is 0 Å². The maximum absolute atomic E-state index is 13.7. The van der Waals surface area contributed by atoms with Gasteiger partial charge in [-0.25, -0.2) is 4.39 Å². The van der Waals surface area contributed by atoms with E-state index in [4.69, 9.17) is 4.74 Å². The second-order valence-electron chi connectivity index (χ2n) is 4.60. The maximum Gasteiger partial charge on any atom is 0.260 e. The van der Waals surface area contributed by atoms with E-state index in [-0.39, 0.29) is 17.4 Å². The Hall–Kier alpha value is -1.62. The van der Waals surface area contributed by atoms with Gasteiger partial charge in [0.1, 0.15) is 17.1 Å². The van der Waals surface area contributed by atoms with E-state index in [9.17, 15) is 14.3 Å². The summed E-state index contributed by atoms with van der Waals surface area (Å²) < 4.78 is 19.2. The van der Waals surface area contributed by atoms with Crippen LogP contribution < -0.4 is 0 Å². The highest BCUT2D eigenvalue weighted by molar-refractivity contribution is 5.97. The van der Waals surface area contributed by atoms with Gasteiger partial charge in [-0.3, -0.25) is 4.79 Å². The Morgan fingerprint density at radius 3 is 3.05 bits per heavy atom. The van der Waals surface area contributed by atoms with Crippen molar-refractivity contribution in [2.75, 3.05) is 19.7 Å². The number of nitrogens with zero attached hydrogens (tertiary/aromatic N) is 1. The fraction of sp³-hybridized carbons (Fsp3) is 0.500. The van der Waals surface area contributed by atoms with Gasteiger partial charge in [-0.1, -0.05) is 6.07 Å². The average Bonchev–Trinajstić information content (AvgIpc) is 2.39. The van der Waals surface area contributed by atoms with Crippen LogP contribution >= 0.6 is 0 Å². The molecule has 1 amide bonds. The molecule has 1 unspecified atom stereocenters. The quantitative estimate of drug-likeness (QED) is 0.913. The molecule has 2 rings (SSSR count). The highest BCUT2D eigenvalue weighted by Crippen LogP contribution is 2.24. The highest BCUT2D eigenvalue weighted by Gasteiger charge is 2.27. The Morgan fingerprint density at radius 2 is 2.37 bits per heavy atom. The standard InChI is InChI=1S/C14H18FNO3/c1-2-19-10-5-4-8-16(9-10)14(18)13-11(15)6-3-7-12(13)17/h3,6-7,10,17H,2,4-5,8-9H2,1H3. The summed E-state index contributed by atoms with van der Waals surface area (Å²) in [4.78, 5) is 13.8. The van der Waals surface area contributed by atoms with Crippen molar-refractivity contribution in [3.63, 3.8) is 0 Å². The molecule has 1 aromatic carbocycles. The molecule has 1 fully saturated rings. The molecule has 0 radical (unpaired) electrons. The Labute approximate surface area is 111 Å². The van der Waals surface area contributed by atoms with Crippen LogP contribution in [-0.4, -0.2) is 41.7 Å². The van der Waals surface area contributed by atoms with E-state index in [1.807, 2.05) is 6.92 Å². The number of ether oxygens (including phenoxy) is 1. The van der Waals surface area contributed by atoms with Crippen molar-refractivity contribution in [2.24, 2.45) is 0 Å². The molecular weight excluding hydrogens is 249 g/mol. The van der Waals surface area contributed by atoms with Gasteiger partial charge in [-0.15, -0.1) is 0 Å². The Bertz CT molecular complexity index is 442. The van der Waals surface area contributed by atoms with Gasteiger partial charge in [0, 0.05) is 19.7 Å². The molecular formula is C14H18FNO3. The number of hydrogen-bond acceptors (Lipinski definition) is 3. The molecule has 1 aliphatic rings. The summed E-state index contributed by atoms with van der Waals surface area (Å²) in [5.41, 5.74) is -0.250. The lowest BCUT2D eigenvalue weighted by atomic mass is 10.1. The molecule has 0 aliphatic carbocycles. The molecule has 4 nitrogen and oxygen atoms in total. The van der Waals surface area contributed by atoms with Crippen LogP contribution in [0.25, 0.3) is 0 Å². The third kappa shape index (κ3) is 3.04. The number of phenols is 1. The van der Waals surface area contributed by atoms with Crippen LogP contribution in [-0.2, 0) is 4.74 Å². The van der Waals surface area contributed by atoms with Gasteiger partial charge in [-0.2, -0.15) is 0 Å². The number of hydrogen-bond donors (Lipinski definition) is 1. The van der Waals surface area contributed by atoms with Crippen molar-refractivity contribution in [3.8, 4) is 5.75 Å². The van der Waals surface area contributed by atoms with Gasteiger partial charge < -0.3 is 14.7 Å². The van der Waals surface area contributed by atoms with Gasteiger partial charge >= 0.3 is 0 Å². The monoisotopic (exact) mass is 267 g/mol. The van der Waals surface area contributed by atoms with Gasteiger partial charge in [0.25, 0.3) is 5.91 Å². The summed E-state index contributed by atoms with van der Waals surface area (Å²) in [6, 6.07) is 3.87. The summed E-state index contributed by atoms with van der Waals surface area (Å²) in [6.07, 6.45) is 1.73. The first-order chi connectivity index (χ1) is 9.13. The predicted molar refractivity (Wildman–Crippen MR) is 68.6 cm³/mol. The van der Waals surface area contributed by atoms with E-state index in [1.54, 1.807) is 4.90 Å². The van der Waals surface area contributed by atoms with Gasteiger partial charge in [-0.05, 0) is 31.9 Å². The Balaban J connectivity index is 2.15. The van der Waals surface area contributed by atoms with Crippen LogP contribution in [0, 0.1) is 5.82 Å². The molecule has 1 aromatic rings. The van der Waals surface area contributed by atoms with Gasteiger partial charge in [0.05, 0.1) is 6.10 Å². The lowest BCUT2D eigenvalue weighted by molar-refractivity contribution is 0.00696. The average molecular weight is 267 g/mol. The molecule has 1 aliphatic heterocycles. The van der Waals surface area contributed by atoms with E-state index < -0.39 is 11.7 Å². The molecule has 0 saturated carbocycles. The first kappa shape index (κ1) is 13.8. The number of rotatable bonds is 3. The number of aromatic hydroxyl groups is 1. The van der Waals surface area contributed by atoms with Crippen molar-refractivity contribution < 1.29 is 19.0 Å². The Morgan fingerprint density at radius 1 is 1.58 bits per heavy atom. The number of carbonyl (C=O) groups is 1. The molecule has 0 bridgehead atoms. The second-order valence-corrected chi connectivity index (χ2v) is 4.60. The third-order valence-corrected chi connectivity index (χ3v) is 3.27. The predicted octanol–water partition coefficient (Wildman–Crippen LogP) is 2.17. The number of likely N-dealkylation sites (tertiary alicyclic amines) is 1.